The fourth-order valence-corrected chi connectivity index (χ4v) is 4.05. The molecule has 21 heavy (non-hydrogen) atoms. The topological polar surface area (TPSA) is 31.2 Å². The van der Waals surface area contributed by atoms with Crippen LogP contribution in [0.3, 0.4) is 0 Å². The van der Waals surface area contributed by atoms with Crippen LogP contribution in [0.2, 0.25) is 0 Å². The predicted molar refractivity (Wildman–Crippen MR) is 83.7 cm³/mol. The molecule has 2 aliphatic rings. The lowest BCUT2D eigenvalue weighted by Gasteiger charge is -2.30. The van der Waals surface area contributed by atoms with Gasteiger partial charge in [0.05, 0.1) is 6.10 Å². The highest BCUT2D eigenvalue weighted by Crippen LogP contribution is 2.37. The van der Waals surface area contributed by atoms with Gasteiger partial charge in [0.2, 0.25) is 0 Å². The minimum atomic E-state index is 0.0863. The van der Waals surface area contributed by atoms with Crippen molar-refractivity contribution in [2.45, 2.75) is 66.0 Å². The molecule has 1 aliphatic heterocycles. The predicted octanol–water partition coefficient (Wildman–Crippen LogP) is 3.77. The Bertz CT molecular complexity index is 556. The first-order valence-corrected chi connectivity index (χ1v) is 8.25. The molecule has 0 radical (unpaired) electrons. The molecule has 0 saturated carbocycles. The lowest BCUT2D eigenvalue weighted by Crippen LogP contribution is -2.29. The molecular weight excluding hydrogens is 262 g/mol. The summed E-state index contributed by atoms with van der Waals surface area (Å²) in [5.74, 6) is 0.906. The van der Waals surface area contributed by atoms with E-state index in [9.17, 15) is 4.79 Å². The molecule has 1 saturated heterocycles. The van der Waals surface area contributed by atoms with E-state index in [4.69, 9.17) is 4.74 Å². The SMILES string of the molecule is CCC1OCCC1Cn1c(C)cc2c1CC(C)(C)CC2=O. The minimum Gasteiger partial charge on any atom is -0.378 e. The van der Waals surface area contributed by atoms with Gasteiger partial charge in [0.1, 0.15) is 0 Å². The van der Waals surface area contributed by atoms with Gasteiger partial charge in [-0.15, -0.1) is 0 Å². The van der Waals surface area contributed by atoms with Gasteiger partial charge >= 0.3 is 0 Å². The quantitative estimate of drug-likeness (QED) is 0.848. The maximum atomic E-state index is 12.4. The van der Waals surface area contributed by atoms with Crippen molar-refractivity contribution >= 4 is 5.78 Å². The summed E-state index contributed by atoms with van der Waals surface area (Å²) >= 11 is 0. The van der Waals surface area contributed by atoms with Crippen molar-refractivity contribution in [3.05, 3.63) is 23.0 Å². The number of hydrogen-bond donors (Lipinski definition) is 0. The van der Waals surface area contributed by atoms with E-state index in [2.05, 4.69) is 38.3 Å². The second kappa shape index (κ2) is 5.28. The van der Waals surface area contributed by atoms with Crippen LogP contribution in [-0.4, -0.2) is 23.1 Å². The molecule has 1 aromatic rings. The molecule has 0 spiro atoms. The van der Waals surface area contributed by atoms with Crippen LogP contribution in [0.4, 0.5) is 0 Å². The number of hydrogen-bond acceptors (Lipinski definition) is 2. The number of aromatic nitrogens is 1. The molecule has 1 fully saturated rings. The third kappa shape index (κ3) is 2.68. The van der Waals surface area contributed by atoms with E-state index in [-0.39, 0.29) is 5.41 Å². The van der Waals surface area contributed by atoms with E-state index >= 15 is 0 Å². The highest BCUT2D eigenvalue weighted by Gasteiger charge is 2.35. The van der Waals surface area contributed by atoms with E-state index in [0.29, 0.717) is 24.2 Å². The van der Waals surface area contributed by atoms with Crippen molar-refractivity contribution in [1.29, 1.82) is 0 Å². The molecule has 0 N–H and O–H groups in total. The molecule has 0 aromatic carbocycles. The van der Waals surface area contributed by atoms with Gasteiger partial charge in [-0.25, -0.2) is 0 Å². The van der Waals surface area contributed by atoms with E-state index in [1.54, 1.807) is 0 Å². The molecular formula is C18H27NO2. The van der Waals surface area contributed by atoms with Gasteiger partial charge in [0.15, 0.2) is 5.78 Å². The van der Waals surface area contributed by atoms with Crippen LogP contribution in [0, 0.1) is 18.3 Å². The Morgan fingerprint density at radius 3 is 2.86 bits per heavy atom. The second-order valence-corrected chi connectivity index (χ2v) is 7.56. The van der Waals surface area contributed by atoms with Crippen LogP contribution in [0.1, 0.15) is 61.8 Å². The summed E-state index contributed by atoms with van der Waals surface area (Å²) in [6.45, 7) is 10.6. The molecule has 116 valence electrons. The third-order valence-corrected chi connectivity index (χ3v) is 5.17. The van der Waals surface area contributed by atoms with Gasteiger partial charge in [-0.3, -0.25) is 4.79 Å². The average molecular weight is 289 g/mol. The molecule has 3 rings (SSSR count). The van der Waals surface area contributed by atoms with Gasteiger partial charge in [-0.2, -0.15) is 0 Å². The summed E-state index contributed by atoms with van der Waals surface area (Å²) in [6, 6.07) is 2.10. The molecule has 1 aliphatic carbocycles. The van der Waals surface area contributed by atoms with Gasteiger partial charge in [0.25, 0.3) is 0 Å². The summed E-state index contributed by atoms with van der Waals surface area (Å²) in [6.07, 6.45) is 4.29. The maximum Gasteiger partial charge on any atom is 0.165 e. The van der Waals surface area contributed by atoms with E-state index in [0.717, 1.165) is 38.0 Å². The van der Waals surface area contributed by atoms with Crippen molar-refractivity contribution in [2.24, 2.45) is 11.3 Å². The van der Waals surface area contributed by atoms with E-state index in [1.165, 1.54) is 11.4 Å². The second-order valence-electron chi connectivity index (χ2n) is 7.56. The summed E-state index contributed by atoms with van der Waals surface area (Å²) in [5.41, 5.74) is 3.55. The third-order valence-electron chi connectivity index (χ3n) is 5.17. The number of carbonyl (C=O) groups excluding carboxylic acids is 1. The minimum absolute atomic E-state index is 0.0863. The van der Waals surface area contributed by atoms with Crippen LogP contribution in [0.25, 0.3) is 0 Å². The van der Waals surface area contributed by atoms with Crippen LogP contribution in [0.15, 0.2) is 6.07 Å². The highest BCUT2D eigenvalue weighted by molar-refractivity contribution is 5.99. The summed E-state index contributed by atoms with van der Waals surface area (Å²) < 4.78 is 8.23. The fraction of sp³-hybridized carbons (Fsp3) is 0.722. The Morgan fingerprint density at radius 1 is 1.38 bits per heavy atom. The van der Waals surface area contributed by atoms with Crippen molar-refractivity contribution in [2.75, 3.05) is 6.61 Å². The van der Waals surface area contributed by atoms with Crippen LogP contribution in [0.5, 0.6) is 0 Å². The largest absolute Gasteiger partial charge is 0.378 e. The Labute approximate surface area is 127 Å². The fourth-order valence-electron chi connectivity index (χ4n) is 4.05. The van der Waals surface area contributed by atoms with Crippen LogP contribution in [-0.2, 0) is 17.7 Å². The van der Waals surface area contributed by atoms with E-state index in [1.807, 2.05) is 0 Å². The lowest BCUT2D eigenvalue weighted by molar-refractivity contribution is 0.0827. The monoisotopic (exact) mass is 289 g/mol. The zero-order valence-corrected chi connectivity index (χ0v) is 13.7. The Hall–Kier alpha value is -1.09. The first kappa shape index (κ1) is 14.8. The molecule has 0 bridgehead atoms. The van der Waals surface area contributed by atoms with Crippen molar-refractivity contribution < 1.29 is 9.53 Å². The molecule has 3 heteroatoms. The maximum absolute atomic E-state index is 12.4. The number of carbonyl (C=O) groups is 1. The first-order valence-electron chi connectivity index (χ1n) is 8.25. The molecule has 3 nitrogen and oxygen atoms in total. The van der Waals surface area contributed by atoms with Gasteiger partial charge in [-0.05, 0) is 37.7 Å². The van der Waals surface area contributed by atoms with Gasteiger partial charge in [0, 0.05) is 42.4 Å². The molecule has 1 aromatic heterocycles. The van der Waals surface area contributed by atoms with Gasteiger partial charge in [-0.1, -0.05) is 20.8 Å². The van der Waals surface area contributed by atoms with Crippen LogP contribution >= 0.6 is 0 Å². The summed E-state index contributed by atoms with van der Waals surface area (Å²) in [5, 5.41) is 0. The zero-order chi connectivity index (χ0) is 15.2. The Morgan fingerprint density at radius 2 is 2.14 bits per heavy atom. The summed E-state index contributed by atoms with van der Waals surface area (Å²) in [4.78, 5) is 12.4. The number of fused-ring (bicyclic) bond motifs is 1. The molecule has 2 atom stereocenters. The number of nitrogens with zero attached hydrogens (tertiary/aromatic N) is 1. The molecule has 0 amide bonds. The highest BCUT2D eigenvalue weighted by atomic mass is 16.5. The smallest absolute Gasteiger partial charge is 0.165 e. The molecule has 2 unspecified atom stereocenters. The van der Waals surface area contributed by atoms with Crippen molar-refractivity contribution in [1.82, 2.24) is 4.57 Å². The Balaban J connectivity index is 1.91. The number of Topliss-reactive ketones (excluding diaryl/α,β-unsaturated/α-hetero) is 1. The Kier molecular flexibility index (Phi) is 3.73. The molecule has 2 heterocycles. The standard InChI is InChI=1S/C18H27NO2/c1-5-17-13(6-7-21-17)11-19-12(2)8-14-15(19)9-18(3,4)10-16(14)20/h8,13,17H,5-7,9-11H2,1-4H3. The van der Waals surface area contributed by atoms with Gasteiger partial charge < -0.3 is 9.30 Å². The zero-order valence-electron chi connectivity index (χ0n) is 13.7. The normalized spacial score (nSPS) is 27.9. The van der Waals surface area contributed by atoms with E-state index < -0.39 is 0 Å². The number of ketones is 1. The van der Waals surface area contributed by atoms with Crippen LogP contribution < -0.4 is 0 Å². The summed E-state index contributed by atoms with van der Waals surface area (Å²) in [7, 11) is 0. The number of aryl methyl sites for hydroxylation is 1. The number of ether oxygens (including phenoxy) is 1. The lowest BCUT2D eigenvalue weighted by atomic mass is 9.76. The number of rotatable bonds is 3. The van der Waals surface area contributed by atoms with Crippen molar-refractivity contribution in [3.63, 3.8) is 0 Å². The van der Waals surface area contributed by atoms with Crippen molar-refractivity contribution in [3.8, 4) is 0 Å². The first-order chi connectivity index (χ1) is 9.91. The average Bonchev–Trinajstić information content (AvgIpc) is 2.96.